The number of ketones is 1. The Hall–Kier alpha value is -2.10. The summed E-state index contributed by atoms with van der Waals surface area (Å²) < 4.78 is 0. The van der Waals surface area contributed by atoms with Crippen LogP contribution in [0.1, 0.15) is 6.92 Å². The molecule has 0 radical (unpaired) electrons. The van der Waals surface area contributed by atoms with Gasteiger partial charge in [0.15, 0.2) is 5.78 Å². The van der Waals surface area contributed by atoms with Gasteiger partial charge in [-0.3, -0.25) is 4.79 Å². The summed E-state index contributed by atoms with van der Waals surface area (Å²) in [7, 11) is 0. The maximum Gasteiger partial charge on any atom is 0.332 e. The lowest BCUT2D eigenvalue weighted by Crippen LogP contribution is -2.24. The minimum Gasteiger partial charge on any atom is -0.511 e. The fourth-order valence-electron chi connectivity index (χ4n) is 1.38. The highest BCUT2D eigenvalue weighted by Crippen LogP contribution is 2.23. The third-order valence-corrected chi connectivity index (χ3v) is 2.13. The van der Waals surface area contributed by atoms with Crippen molar-refractivity contribution in [2.75, 3.05) is 0 Å². The Bertz CT molecular complexity index is 424. The van der Waals surface area contributed by atoms with Crippen LogP contribution in [0.5, 0.6) is 0 Å². The molecule has 0 amide bonds. The van der Waals surface area contributed by atoms with Crippen LogP contribution in [0.4, 0.5) is 0 Å². The predicted octanol–water partition coefficient (Wildman–Crippen LogP) is 1.77. The summed E-state index contributed by atoms with van der Waals surface area (Å²) in [6, 6.07) is 0. The van der Waals surface area contributed by atoms with Gasteiger partial charge in [-0.2, -0.15) is 0 Å². The zero-order chi connectivity index (χ0) is 12.1. The SMILES string of the molecule is CC=CC=C(C(=O)O)C1C(=O)C=CC=C1O. The van der Waals surface area contributed by atoms with E-state index in [2.05, 4.69) is 0 Å². The first-order valence-corrected chi connectivity index (χ1v) is 4.75. The van der Waals surface area contributed by atoms with E-state index in [4.69, 9.17) is 5.11 Å². The van der Waals surface area contributed by atoms with Gasteiger partial charge in [0.2, 0.25) is 0 Å². The Balaban J connectivity index is 3.13. The first kappa shape index (κ1) is 12.0. The van der Waals surface area contributed by atoms with E-state index in [0.29, 0.717) is 0 Å². The van der Waals surface area contributed by atoms with E-state index in [0.717, 1.165) is 0 Å². The Morgan fingerprint density at radius 1 is 1.50 bits per heavy atom. The molecule has 1 unspecified atom stereocenters. The second-order valence-electron chi connectivity index (χ2n) is 3.24. The zero-order valence-electron chi connectivity index (χ0n) is 8.75. The lowest BCUT2D eigenvalue weighted by atomic mass is 9.89. The summed E-state index contributed by atoms with van der Waals surface area (Å²) in [5.74, 6) is -2.99. The van der Waals surface area contributed by atoms with Gasteiger partial charge in [0.25, 0.3) is 0 Å². The van der Waals surface area contributed by atoms with Gasteiger partial charge in [-0.25, -0.2) is 4.79 Å². The second kappa shape index (κ2) is 5.11. The molecule has 0 heterocycles. The number of rotatable bonds is 3. The molecule has 1 atom stereocenters. The number of aliphatic carboxylic acids is 1. The Kier molecular flexibility index (Phi) is 3.83. The Labute approximate surface area is 92.9 Å². The monoisotopic (exact) mass is 220 g/mol. The van der Waals surface area contributed by atoms with E-state index < -0.39 is 17.7 Å². The number of hydrogen-bond donors (Lipinski definition) is 2. The number of aliphatic hydroxyl groups excluding tert-OH is 1. The molecule has 2 N–H and O–H groups in total. The average molecular weight is 220 g/mol. The third kappa shape index (κ3) is 2.48. The first-order chi connectivity index (χ1) is 7.57. The van der Waals surface area contributed by atoms with Crippen LogP contribution < -0.4 is 0 Å². The molecule has 1 aliphatic carbocycles. The second-order valence-corrected chi connectivity index (χ2v) is 3.24. The number of aliphatic hydroxyl groups is 1. The summed E-state index contributed by atoms with van der Waals surface area (Å²) >= 11 is 0. The van der Waals surface area contributed by atoms with Crippen LogP contribution >= 0.6 is 0 Å². The van der Waals surface area contributed by atoms with Crippen LogP contribution in [0.25, 0.3) is 0 Å². The van der Waals surface area contributed by atoms with Crippen molar-refractivity contribution in [3.05, 3.63) is 47.8 Å². The maximum atomic E-state index is 11.5. The van der Waals surface area contributed by atoms with Crippen molar-refractivity contribution in [3.63, 3.8) is 0 Å². The normalized spacial score (nSPS) is 21.3. The molecule has 0 aromatic carbocycles. The average Bonchev–Trinajstić information content (AvgIpc) is 2.21. The summed E-state index contributed by atoms with van der Waals surface area (Å²) in [4.78, 5) is 22.5. The van der Waals surface area contributed by atoms with Crippen LogP contribution in [-0.2, 0) is 9.59 Å². The van der Waals surface area contributed by atoms with Gasteiger partial charge in [-0.05, 0) is 19.1 Å². The molecule has 4 heteroatoms. The summed E-state index contributed by atoms with van der Waals surface area (Å²) in [5, 5.41) is 18.5. The van der Waals surface area contributed by atoms with Gasteiger partial charge in [-0.1, -0.05) is 24.3 Å². The molecule has 0 saturated carbocycles. The highest BCUT2D eigenvalue weighted by atomic mass is 16.4. The predicted molar refractivity (Wildman–Crippen MR) is 58.9 cm³/mol. The number of carbonyl (C=O) groups is 2. The molecular weight excluding hydrogens is 208 g/mol. The Morgan fingerprint density at radius 2 is 2.19 bits per heavy atom. The van der Waals surface area contributed by atoms with Crippen molar-refractivity contribution in [2.24, 2.45) is 5.92 Å². The summed E-state index contributed by atoms with van der Waals surface area (Å²) in [6.45, 7) is 1.73. The van der Waals surface area contributed by atoms with E-state index >= 15 is 0 Å². The van der Waals surface area contributed by atoms with Gasteiger partial charge in [0.05, 0.1) is 5.57 Å². The number of carboxylic acids is 1. The maximum absolute atomic E-state index is 11.5. The minimum absolute atomic E-state index is 0.138. The van der Waals surface area contributed by atoms with Crippen molar-refractivity contribution in [2.45, 2.75) is 6.92 Å². The van der Waals surface area contributed by atoms with Gasteiger partial charge >= 0.3 is 5.97 Å². The van der Waals surface area contributed by atoms with Crippen molar-refractivity contribution >= 4 is 11.8 Å². The third-order valence-electron chi connectivity index (χ3n) is 2.13. The van der Waals surface area contributed by atoms with Gasteiger partial charge in [-0.15, -0.1) is 0 Å². The highest BCUT2D eigenvalue weighted by Gasteiger charge is 2.30. The van der Waals surface area contributed by atoms with E-state index in [-0.39, 0.29) is 11.3 Å². The molecule has 0 saturated heterocycles. The topological polar surface area (TPSA) is 74.6 Å². The van der Waals surface area contributed by atoms with Gasteiger partial charge < -0.3 is 10.2 Å². The van der Waals surface area contributed by atoms with Crippen LogP contribution in [0.15, 0.2) is 47.8 Å². The fraction of sp³-hybridized carbons (Fsp3) is 0.167. The molecule has 1 rings (SSSR count). The molecule has 0 aromatic rings. The molecule has 0 spiro atoms. The quantitative estimate of drug-likeness (QED) is 0.561. The molecule has 4 nitrogen and oxygen atoms in total. The molecule has 84 valence electrons. The Morgan fingerprint density at radius 3 is 2.69 bits per heavy atom. The van der Waals surface area contributed by atoms with Crippen molar-refractivity contribution in [3.8, 4) is 0 Å². The first-order valence-electron chi connectivity index (χ1n) is 4.75. The fourth-order valence-corrected chi connectivity index (χ4v) is 1.38. The van der Waals surface area contributed by atoms with Crippen LogP contribution in [0.3, 0.4) is 0 Å². The van der Waals surface area contributed by atoms with E-state index in [1.807, 2.05) is 0 Å². The molecular formula is C12H12O4. The number of allylic oxidation sites excluding steroid dienone is 7. The van der Waals surface area contributed by atoms with E-state index in [1.165, 1.54) is 30.4 Å². The van der Waals surface area contributed by atoms with Crippen LogP contribution in [0, 0.1) is 5.92 Å². The molecule has 16 heavy (non-hydrogen) atoms. The summed E-state index contributed by atoms with van der Waals surface area (Å²) in [6.07, 6.45) is 8.43. The van der Waals surface area contributed by atoms with Crippen LogP contribution in [0.2, 0.25) is 0 Å². The van der Waals surface area contributed by atoms with Crippen LogP contribution in [-0.4, -0.2) is 22.0 Å². The van der Waals surface area contributed by atoms with Gasteiger partial charge in [0, 0.05) is 0 Å². The zero-order valence-corrected chi connectivity index (χ0v) is 8.75. The number of hydrogen-bond acceptors (Lipinski definition) is 3. The molecule has 0 aliphatic heterocycles. The molecule has 1 aliphatic rings. The minimum atomic E-state index is -1.22. The summed E-state index contributed by atoms with van der Waals surface area (Å²) in [5.41, 5.74) is -0.138. The highest BCUT2D eigenvalue weighted by molar-refractivity contribution is 6.04. The van der Waals surface area contributed by atoms with Crippen molar-refractivity contribution < 1.29 is 19.8 Å². The molecule has 0 fully saturated rings. The van der Waals surface area contributed by atoms with Crippen molar-refractivity contribution in [1.82, 2.24) is 0 Å². The van der Waals surface area contributed by atoms with Gasteiger partial charge in [0.1, 0.15) is 11.7 Å². The molecule has 0 bridgehead atoms. The lowest BCUT2D eigenvalue weighted by Gasteiger charge is -2.16. The standard InChI is InChI=1S/C12H12O4/c1-2-3-5-8(12(15)16)11-9(13)6-4-7-10(11)14/h2-7,11,13H,1H3,(H,15,16). The van der Waals surface area contributed by atoms with Crippen molar-refractivity contribution in [1.29, 1.82) is 0 Å². The smallest absolute Gasteiger partial charge is 0.332 e. The lowest BCUT2D eigenvalue weighted by molar-refractivity contribution is -0.134. The van der Waals surface area contributed by atoms with E-state index in [1.54, 1.807) is 13.0 Å². The molecule has 0 aromatic heterocycles. The van der Waals surface area contributed by atoms with E-state index in [9.17, 15) is 14.7 Å². The largest absolute Gasteiger partial charge is 0.511 e. The number of carboxylic acid groups (broad SMARTS) is 1. The number of carbonyl (C=O) groups excluding carboxylic acids is 1.